The molecule has 0 aliphatic rings. The number of rotatable bonds is 6. The Balaban J connectivity index is 2.51. The van der Waals surface area contributed by atoms with Gasteiger partial charge in [0.1, 0.15) is 16.0 Å². The van der Waals surface area contributed by atoms with Crippen molar-refractivity contribution >= 4 is 27.3 Å². The highest BCUT2D eigenvalue weighted by molar-refractivity contribution is 9.10. The zero-order valence-corrected chi connectivity index (χ0v) is 14.0. The molecule has 20 heavy (non-hydrogen) atoms. The summed E-state index contributed by atoms with van der Waals surface area (Å²) in [7, 11) is 3.30. The molecular weight excluding hydrogens is 340 g/mol. The van der Waals surface area contributed by atoms with Crippen molar-refractivity contribution in [3.8, 4) is 11.5 Å². The molecule has 1 heterocycles. The predicted octanol–water partition coefficient (Wildman–Crippen LogP) is 3.62. The largest absolute Gasteiger partial charge is 0.495 e. The summed E-state index contributed by atoms with van der Waals surface area (Å²) >= 11 is 5.13. The van der Waals surface area contributed by atoms with E-state index in [0.717, 1.165) is 33.8 Å². The Bertz CT molecular complexity index is 561. The Morgan fingerprint density at radius 1 is 1.35 bits per heavy atom. The molecule has 4 nitrogen and oxygen atoms in total. The van der Waals surface area contributed by atoms with Crippen molar-refractivity contribution in [1.29, 1.82) is 0 Å². The van der Waals surface area contributed by atoms with Gasteiger partial charge in [0.2, 0.25) is 0 Å². The average Bonchev–Trinajstić information content (AvgIpc) is 2.98. The molecule has 0 radical (unpaired) electrons. The van der Waals surface area contributed by atoms with Crippen LogP contribution in [0.1, 0.15) is 24.2 Å². The summed E-state index contributed by atoms with van der Waals surface area (Å²) in [6, 6.07) is 3.94. The SMILES string of the molecule is CCNC(c1cscn1)c1ccc(OC)c(Br)c1OC. The predicted molar refractivity (Wildman–Crippen MR) is 84.9 cm³/mol. The molecule has 1 aromatic heterocycles. The average molecular weight is 357 g/mol. The second-order valence-electron chi connectivity index (χ2n) is 4.11. The van der Waals surface area contributed by atoms with E-state index in [0.29, 0.717) is 0 Å². The molecule has 2 rings (SSSR count). The van der Waals surface area contributed by atoms with Gasteiger partial charge in [0.25, 0.3) is 0 Å². The van der Waals surface area contributed by atoms with E-state index in [9.17, 15) is 0 Å². The van der Waals surface area contributed by atoms with Crippen molar-refractivity contribution in [2.75, 3.05) is 20.8 Å². The molecule has 0 bridgehead atoms. The van der Waals surface area contributed by atoms with Gasteiger partial charge in [-0.15, -0.1) is 11.3 Å². The maximum Gasteiger partial charge on any atom is 0.141 e. The lowest BCUT2D eigenvalue weighted by Crippen LogP contribution is -2.23. The van der Waals surface area contributed by atoms with Crippen LogP contribution in [0.3, 0.4) is 0 Å². The molecule has 0 fully saturated rings. The number of halogens is 1. The van der Waals surface area contributed by atoms with Gasteiger partial charge in [-0.05, 0) is 34.6 Å². The molecule has 0 aliphatic heterocycles. The van der Waals surface area contributed by atoms with Gasteiger partial charge in [-0.2, -0.15) is 0 Å². The minimum absolute atomic E-state index is 0.00315. The topological polar surface area (TPSA) is 43.4 Å². The third-order valence-corrected chi connectivity index (χ3v) is 4.34. The summed E-state index contributed by atoms with van der Waals surface area (Å²) in [5.41, 5.74) is 3.87. The van der Waals surface area contributed by atoms with Gasteiger partial charge in [0.15, 0.2) is 0 Å². The molecule has 108 valence electrons. The highest BCUT2D eigenvalue weighted by Crippen LogP contribution is 2.41. The molecule has 0 spiro atoms. The van der Waals surface area contributed by atoms with Gasteiger partial charge in [-0.3, -0.25) is 0 Å². The molecule has 2 aromatic rings. The molecule has 1 aromatic carbocycles. The number of nitrogens with one attached hydrogen (secondary N) is 1. The Hall–Kier alpha value is -1.11. The highest BCUT2D eigenvalue weighted by Gasteiger charge is 2.22. The third kappa shape index (κ3) is 2.97. The molecule has 0 saturated carbocycles. The first kappa shape index (κ1) is 15.3. The summed E-state index contributed by atoms with van der Waals surface area (Å²) in [6.07, 6.45) is 0. The number of methoxy groups -OCH3 is 2. The van der Waals surface area contributed by atoms with E-state index in [1.165, 1.54) is 0 Å². The van der Waals surface area contributed by atoms with Crippen LogP contribution < -0.4 is 14.8 Å². The standard InChI is InChI=1S/C14H17BrN2O2S/c1-4-16-13(10-7-20-8-17-10)9-5-6-11(18-2)12(15)14(9)19-3/h5-8,13,16H,4H2,1-3H3. The van der Waals surface area contributed by atoms with E-state index in [1.807, 2.05) is 23.0 Å². The van der Waals surface area contributed by atoms with E-state index < -0.39 is 0 Å². The fourth-order valence-corrected chi connectivity index (χ4v) is 3.35. The molecule has 0 aliphatic carbocycles. The number of hydrogen-bond acceptors (Lipinski definition) is 5. The minimum atomic E-state index is 0.00315. The zero-order valence-electron chi connectivity index (χ0n) is 11.6. The summed E-state index contributed by atoms with van der Waals surface area (Å²) < 4.78 is 11.7. The van der Waals surface area contributed by atoms with Crippen LogP contribution in [0, 0.1) is 0 Å². The van der Waals surface area contributed by atoms with Gasteiger partial charge < -0.3 is 14.8 Å². The molecular formula is C14H17BrN2O2S. The van der Waals surface area contributed by atoms with Gasteiger partial charge >= 0.3 is 0 Å². The smallest absolute Gasteiger partial charge is 0.141 e. The first-order valence-electron chi connectivity index (χ1n) is 6.24. The van der Waals surface area contributed by atoms with Crippen LogP contribution >= 0.6 is 27.3 Å². The van der Waals surface area contributed by atoms with Crippen LogP contribution in [0.2, 0.25) is 0 Å². The van der Waals surface area contributed by atoms with Crippen LogP contribution in [0.4, 0.5) is 0 Å². The summed E-state index contributed by atoms with van der Waals surface area (Å²) in [5, 5.41) is 5.49. The van der Waals surface area contributed by atoms with E-state index in [4.69, 9.17) is 9.47 Å². The Morgan fingerprint density at radius 2 is 2.15 bits per heavy atom. The third-order valence-electron chi connectivity index (χ3n) is 2.98. The van der Waals surface area contributed by atoms with Crippen LogP contribution in [0.5, 0.6) is 11.5 Å². The van der Waals surface area contributed by atoms with Crippen LogP contribution in [0.15, 0.2) is 27.5 Å². The van der Waals surface area contributed by atoms with Crippen molar-refractivity contribution in [1.82, 2.24) is 10.3 Å². The van der Waals surface area contributed by atoms with E-state index >= 15 is 0 Å². The van der Waals surface area contributed by atoms with E-state index in [-0.39, 0.29) is 6.04 Å². The quantitative estimate of drug-likeness (QED) is 0.858. The fourth-order valence-electron chi connectivity index (χ4n) is 2.09. The molecule has 0 saturated heterocycles. The van der Waals surface area contributed by atoms with Crippen molar-refractivity contribution in [2.45, 2.75) is 13.0 Å². The van der Waals surface area contributed by atoms with Gasteiger partial charge in [0.05, 0.1) is 31.5 Å². The number of benzene rings is 1. The first-order chi connectivity index (χ1) is 9.72. The van der Waals surface area contributed by atoms with Crippen LogP contribution in [-0.2, 0) is 0 Å². The lowest BCUT2D eigenvalue weighted by molar-refractivity contribution is 0.382. The van der Waals surface area contributed by atoms with E-state index in [2.05, 4.69) is 33.2 Å². The first-order valence-corrected chi connectivity index (χ1v) is 7.98. The Morgan fingerprint density at radius 3 is 2.70 bits per heavy atom. The van der Waals surface area contributed by atoms with Crippen LogP contribution in [0.25, 0.3) is 0 Å². The normalized spacial score (nSPS) is 12.2. The summed E-state index contributed by atoms with van der Waals surface area (Å²) in [4.78, 5) is 4.41. The van der Waals surface area contributed by atoms with E-state index in [1.54, 1.807) is 25.6 Å². The van der Waals surface area contributed by atoms with Crippen molar-refractivity contribution in [3.05, 3.63) is 38.8 Å². The minimum Gasteiger partial charge on any atom is -0.495 e. The molecule has 1 atom stereocenters. The van der Waals surface area contributed by atoms with Crippen molar-refractivity contribution < 1.29 is 9.47 Å². The number of hydrogen-bond donors (Lipinski definition) is 1. The van der Waals surface area contributed by atoms with Gasteiger partial charge in [0, 0.05) is 10.9 Å². The maximum atomic E-state index is 5.55. The monoisotopic (exact) mass is 356 g/mol. The van der Waals surface area contributed by atoms with Crippen molar-refractivity contribution in [3.63, 3.8) is 0 Å². The molecule has 1 N–H and O–H groups in total. The zero-order chi connectivity index (χ0) is 14.5. The molecule has 1 unspecified atom stereocenters. The second-order valence-corrected chi connectivity index (χ2v) is 5.62. The molecule has 0 amide bonds. The van der Waals surface area contributed by atoms with Crippen molar-refractivity contribution in [2.24, 2.45) is 0 Å². The number of thiazole rings is 1. The van der Waals surface area contributed by atoms with Gasteiger partial charge in [-0.25, -0.2) is 4.98 Å². The summed E-state index contributed by atoms with van der Waals surface area (Å²) in [5.74, 6) is 1.52. The van der Waals surface area contributed by atoms with Crippen LogP contribution in [-0.4, -0.2) is 25.7 Å². The number of aromatic nitrogens is 1. The highest BCUT2D eigenvalue weighted by atomic mass is 79.9. The summed E-state index contributed by atoms with van der Waals surface area (Å²) in [6.45, 7) is 2.92. The number of nitrogens with zero attached hydrogens (tertiary/aromatic N) is 1. The van der Waals surface area contributed by atoms with Gasteiger partial charge in [-0.1, -0.05) is 6.92 Å². The fraction of sp³-hybridized carbons (Fsp3) is 0.357. The maximum absolute atomic E-state index is 5.55. The molecule has 6 heteroatoms. The Labute approximate surface area is 131 Å². The lowest BCUT2D eigenvalue weighted by atomic mass is 10.0. The number of ether oxygens (including phenoxy) is 2. The lowest BCUT2D eigenvalue weighted by Gasteiger charge is -2.21. The second kappa shape index (κ2) is 7.06. The Kier molecular flexibility index (Phi) is 5.39.